The summed E-state index contributed by atoms with van der Waals surface area (Å²) in [6, 6.07) is 6.47. The molecule has 1 atom stereocenters. The van der Waals surface area contributed by atoms with Crippen LogP contribution in [0.3, 0.4) is 0 Å². The zero-order chi connectivity index (χ0) is 18.1. The number of benzene rings is 1. The average molecular weight is 349 g/mol. The van der Waals surface area contributed by atoms with Crippen LogP contribution in [0.2, 0.25) is 0 Å². The second kappa shape index (κ2) is 9.88. The van der Waals surface area contributed by atoms with Crippen molar-refractivity contribution in [2.24, 2.45) is 0 Å². The highest BCUT2D eigenvalue weighted by Gasteiger charge is 2.33. The number of nitrogens with one attached hydrogen (secondary N) is 2. The van der Waals surface area contributed by atoms with Gasteiger partial charge in [-0.3, -0.25) is 4.79 Å². The Morgan fingerprint density at radius 3 is 2.96 bits per heavy atom. The largest absolute Gasteiger partial charge is 0.497 e. The van der Waals surface area contributed by atoms with E-state index in [-0.39, 0.29) is 11.9 Å². The first-order valence-electron chi connectivity index (χ1n) is 8.72. The molecule has 1 unspecified atom stereocenters. The Labute approximate surface area is 148 Å². The first-order valence-corrected chi connectivity index (χ1v) is 8.72. The third-order valence-electron chi connectivity index (χ3n) is 4.11. The molecule has 0 aliphatic carbocycles. The Morgan fingerprint density at radius 2 is 2.20 bits per heavy atom. The highest BCUT2D eigenvalue weighted by Crippen LogP contribution is 2.21. The second-order valence-electron chi connectivity index (χ2n) is 5.86. The summed E-state index contributed by atoms with van der Waals surface area (Å²) in [6.45, 7) is 4.37. The molecule has 1 heterocycles. The second-order valence-corrected chi connectivity index (χ2v) is 5.86. The highest BCUT2D eigenvalue weighted by molar-refractivity contribution is 5.94. The smallest absolute Gasteiger partial charge is 0.322 e. The number of likely N-dealkylation sites (tertiary alicyclic amines) is 1. The lowest BCUT2D eigenvalue weighted by Gasteiger charge is -2.24. The minimum absolute atomic E-state index is 0.102. The molecule has 7 nitrogen and oxygen atoms in total. The Morgan fingerprint density at radius 1 is 1.36 bits per heavy atom. The molecule has 2 N–H and O–H groups in total. The van der Waals surface area contributed by atoms with Crippen molar-refractivity contribution >= 4 is 17.6 Å². The average Bonchev–Trinajstić information content (AvgIpc) is 3.11. The van der Waals surface area contributed by atoms with Crippen LogP contribution >= 0.6 is 0 Å². The van der Waals surface area contributed by atoms with E-state index in [9.17, 15) is 9.59 Å². The molecule has 1 saturated heterocycles. The van der Waals surface area contributed by atoms with E-state index in [0.29, 0.717) is 44.2 Å². The first kappa shape index (κ1) is 19.1. The maximum atomic E-state index is 12.5. The van der Waals surface area contributed by atoms with Crippen LogP contribution in [-0.4, -0.2) is 56.3 Å². The van der Waals surface area contributed by atoms with Crippen LogP contribution in [0.15, 0.2) is 24.3 Å². The zero-order valence-electron chi connectivity index (χ0n) is 14.9. The third kappa shape index (κ3) is 5.63. The molecule has 138 valence electrons. The topological polar surface area (TPSA) is 79.9 Å². The monoisotopic (exact) mass is 349 g/mol. The predicted molar refractivity (Wildman–Crippen MR) is 95.9 cm³/mol. The van der Waals surface area contributed by atoms with Gasteiger partial charge in [-0.25, -0.2) is 4.79 Å². The van der Waals surface area contributed by atoms with Gasteiger partial charge in [-0.2, -0.15) is 0 Å². The molecular formula is C18H27N3O4. The van der Waals surface area contributed by atoms with E-state index in [1.165, 1.54) is 0 Å². The molecule has 0 saturated carbocycles. The van der Waals surface area contributed by atoms with Crippen molar-refractivity contribution in [3.05, 3.63) is 24.3 Å². The van der Waals surface area contributed by atoms with Crippen LogP contribution in [-0.2, 0) is 9.53 Å². The summed E-state index contributed by atoms with van der Waals surface area (Å²) in [4.78, 5) is 26.5. The molecule has 7 heteroatoms. The summed E-state index contributed by atoms with van der Waals surface area (Å²) in [7, 11) is 1.58. The molecule has 1 aromatic carbocycles. The Kier molecular flexibility index (Phi) is 7.53. The van der Waals surface area contributed by atoms with Gasteiger partial charge < -0.3 is 25.0 Å². The van der Waals surface area contributed by atoms with Crippen LogP contribution in [0.5, 0.6) is 5.75 Å². The maximum absolute atomic E-state index is 12.5. The van der Waals surface area contributed by atoms with Gasteiger partial charge >= 0.3 is 6.03 Å². The lowest BCUT2D eigenvalue weighted by molar-refractivity contribution is -0.124. The molecule has 0 bridgehead atoms. The lowest BCUT2D eigenvalue weighted by atomic mass is 10.2. The molecule has 2 rings (SSSR count). The Balaban J connectivity index is 1.86. The number of hydrogen-bond donors (Lipinski definition) is 2. The fourth-order valence-electron chi connectivity index (χ4n) is 2.83. The molecular weight excluding hydrogens is 322 g/mol. The summed E-state index contributed by atoms with van der Waals surface area (Å²) in [6.07, 6.45) is 2.27. The van der Waals surface area contributed by atoms with Crippen LogP contribution < -0.4 is 15.4 Å². The van der Waals surface area contributed by atoms with Crippen molar-refractivity contribution in [3.8, 4) is 5.75 Å². The van der Waals surface area contributed by atoms with Crippen LogP contribution in [0.25, 0.3) is 0 Å². The molecule has 0 spiro atoms. The number of carbonyl (C=O) groups excluding carboxylic acids is 2. The maximum Gasteiger partial charge on any atom is 0.322 e. The fourth-order valence-corrected chi connectivity index (χ4v) is 2.83. The van der Waals surface area contributed by atoms with Gasteiger partial charge in [0, 0.05) is 38.1 Å². The van der Waals surface area contributed by atoms with Crippen molar-refractivity contribution in [3.63, 3.8) is 0 Å². The van der Waals surface area contributed by atoms with Gasteiger partial charge in [0.15, 0.2) is 0 Å². The van der Waals surface area contributed by atoms with Crippen molar-refractivity contribution in [2.45, 2.75) is 32.2 Å². The van der Waals surface area contributed by atoms with E-state index in [1.807, 2.05) is 13.0 Å². The first-order chi connectivity index (χ1) is 12.2. The lowest BCUT2D eigenvalue weighted by Crippen LogP contribution is -2.47. The quantitative estimate of drug-likeness (QED) is 0.706. The zero-order valence-corrected chi connectivity index (χ0v) is 14.9. The molecule has 3 amide bonds. The number of carbonyl (C=O) groups is 2. The number of anilines is 1. The number of urea groups is 1. The van der Waals surface area contributed by atoms with Gasteiger partial charge in [-0.15, -0.1) is 0 Å². The molecule has 0 radical (unpaired) electrons. The van der Waals surface area contributed by atoms with Crippen LogP contribution in [0, 0.1) is 0 Å². The minimum atomic E-state index is -0.419. The SMILES string of the molecule is CCOCCCNC(=O)C1CCCN1C(=O)Nc1cccc(OC)c1. The van der Waals surface area contributed by atoms with E-state index >= 15 is 0 Å². The summed E-state index contributed by atoms with van der Waals surface area (Å²) in [5.41, 5.74) is 0.645. The number of ether oxygens (including phenoxy) is 2. The number of nitrogens with zero attached hydrogens (tertiary/aromatic N) is 1. The van der Waals surface area contributed by atoms with Crippen molar-refractivity contribution in [2.75, 3.05) is 38.7 Å². The van der Waals surface area contributed by atoms with E-state index in [4.69, 9.17) is 9.47 Å². The number of rotatable bonds is 8. The van der Waals surface area contributed by atoms with Gasteiger partial charge in [0.25, 0.3) is 0 Å². The molecule has 1 aromatic rings. The molecule has 1 aliphatic rings. The van der Waals surface area contributed by atoms with Crippen molar-refractivity contribution in [1.82, 2.24) is 10.2 Å². The van der Waals surface area contributed by atoms with E-state index in [0.717, 1.165) is 12.8 Å². The predicted octanol–water partition coefficient (Wildman–Crippen LogP) is 2.23. The van der Waals surface area contributed by atoms with Gasteiger partial charge in [0.2, 0.25) is 5.91 Å². The highest BCUT2D eigenvalue weighted by atomic mass is 16.5. The summed E-state index contributed by atoms with van der Waals surface area (Å²) >= 11 is 0. The molecule has 0 aromatic heterocycles. The minimum Gasteiger partial charge on any atom is -0.497 e. The van der Waals surface area contributed by atoms with Crippen molar-refractivity contribution in [1.29, 1.82) is 0 Å². The molecule has 25 heavy (non-hydrogen) atoms. The Hall–Kier alpha value is -2.28. The number of methoxy groups -OCH3 is 1. The normalized spacial score (nSPS) is 16.6. The Bertz CT molecular complexity index is 579. The molecule has 1 aliphatic heterocycles. The number of hydrogen-bond acceptors (Lipinski definition) is 4. The summed E-state index contributed by atoms with van der Waals surface area (Å²) in [5.74, 6) is 0.567. The van der Waals surface area contributed by atoms with Gasteiger partial charge in [-0.05, 0) is 38.3 Å². The van der Waals surface area contributed by atoms with E-state index in [2.05, 4.69) is 10.6 Å². The fraction of sp³-hybridized carbons (Fsp3) is 0.556. The molecule has 1 fully saturated rings. The van der Waals surface area contributed by atoms with Crippen LogP contribution in [0.1, 0.15) is 26.2 Å². The van der Waals surface area contributed by atoms with E-state index in [1.54, 1.807) is 30.2 Å². The number of amides is 3. The summed E-state index contributed by atoms with van der Waals surface area (Å²) < 4.78 is 10.4. The van der Waals surface area contributed by atoms with Crippen molar-refractivity contribution < 1.29 is 19.1 Å². The standard InChI is InChI=1S/C18H27N3O4/c1-3-25-12-6-10-19-17(22)16-9-5-11-21(16)18(23)20-14-7-4-8-15(13-14)24-2/h4,7-8,13,16H,3,5-6,9-12H2,1-2H3,(H,19,22)(H,20,23). The third-order valence-corrected chi connectivity index (χ3v) is 4.11. The van der Waals surface area contributed by atoms with Gasteiger partial charge in [0.05, 0.1) is 7.11 Å². The van der Waals surface area contributed by atoms with Gasteiger partial charge in [0.1, 0.15) is 11.8 Å². The summed E-state index contributed by atoms with van der Waals surface area (Å²) in [5, 5.41) is 5.72. The van der Waals surface area contributed by atoms with Gasteiger partial charge in [-0.1, -0.05) is 6.07 Å². The van der Waals surface area contributed by atoms with Crippen LogP contribution in [0.4, 0.5) is 10.5 Å². The van der Waals surface area contributed by atoms with E-state index < -0.39 is 6.04 Å².